The van der Waals surface area contributed by atoms with Gasteiger partial charge in [-0.15, -0.1) is 12.4 Å². The number of anilines is 1. The predicted octanol–water partition coefficient (Wildman–Crippen LogP) is 2.65. The Bertz CT molecular complexity index is 539. The maximum absolute atomic E-state index is 13.1. The summed E-state index contributed by atoms with van der Waals surface area (Å²) >= 11 is 5.92. The lowest BCUT2D eigenvalue weighted by molar-refractivity contribution is -0.120. The van der Waals surface area contributed by atoms with Crippen LogP contribution in [-0.2, 0) is 11.2 Å². The quantitative estimate of drug-likeness (QED) is 0.862. The summed E-state index contributed by atoms with van der Waals surface area (Å²) < 4.78 is 26.3. The Morgan fingerprint density at radius 3 is 2.85 bits per heavy atom. The number of nitrogens with one attached hydrogen (secondary N) is 1. The van der Waals surface area contributed by atoms with Crippen molar-refractivity contribution >= 4 is 35.6 Å². The van der Waals surface area contributed by atoms with Gasteiger partial charge >= 0.3 is 0 Å². The Labute approximate surface area is 126 Å². The maximum atomic E-state index is 13.1. The lowest BCUT2D eigenvalue weighted by Gasteiger charge is -2.21. The normalized spacial score (nSPS) is 23.4. The highest BCUT2D eigenvalue weighted by Gasteiger charge is 2.44. The van der Waals surface area contributed by atoms with Crippen molar-refractivity contribution in [1.82, 2.24) is 5.32 Å². The third-order valence-corrected chi connectivity index (χ3v) is 3.85. The van der Waals surface area contributed by atoms with Gasteiger partial charge in [0, 0.05) is 23.7 Å². The SMILES string of the molecule is Cl.O=C(C1CC(F)(F)CN1)N1CCc2ccc(Cl)cc21. The highest BCUT2D eigenvalue weighted by molar-refractivity contribution is 6.31. The predicted molar refractivity (Wildman–Crippen MR) is 76.1 cm³/mol. The minimum Gasteiger partial charge on any atom is -0.310 e. The van der Waals surface area contributed by atoms with Crippen molar-refractivity contribution in [3.8, 4) is 0 Å². The highest BCUT2D eigenvalue weighted by Crippen LogP contribution is 2.33. The summed E-state index contributed by atoms with van der Waals surface area (Å²) in [5.74, 6) is -3.09. The third-order valence-electron chi connectivity index (χ3n) is 3.62. The van der Waals surface area contributed by atoms with Crippen LogP contribution in [0.1, 0.15) is 12.0 Å². The summed E-state index contributed by atoms with van der Waals surface area (Å²) in [5, 5.41) is 3.14. The van der Waals surface area contributed by atoms with Crippen LogP contribution < -0.4 is 10.2 Å². The molecule has 2 aliphatic rings. The number of nitrogens with zero attached hydrogens (tertiary/aromatic N) is 1. The van der Waals surface area contributed by atoms with E-state index in [9.17, 15) is 13.6 Å². The molecular weight excluding hydrogens is 309 g/mol. The van der Waals surface area contributed by atoms with Crippen molar-refractivity contribution in [2.75, 3.05) is 18.0 Å². The summed E-state index contributed by atoms with van der Waals surface area (Å²) in [6.45, 7) is 0.0951. The zero-order chi connectivity index (χ0) is 13.6. The van der Waals surface area contributed by atoms with Crippen LogP contribution in [0.25, 0.3) is 0 Å². The van der Waals surface area contributed by atoms with Gasteiger partial charge in [0.25, 0.3) is 5.92 Å². The molecule has 0 bridgehead atoms. The zero-order valence-corrected chi connectivity index (χ0v) is 12.1. The van der Waals surface area contributed by atoms with Gasteiger partial charge in [-0.2, -0.15) is 0 Å². The number of benzene rings is 1. The molecule has 20 heavy (non-hydrogen) atoms. The van der Waals surface area contributed by atoms with Crippen molar-refractivity contribution in [1.29, 1.82) is 0 Å². The smallest absolute Gasteiger partial charge is 0.262 e. The average molecular weight is 323 g/mol. The van der Waals surface area contributed by atoms with E-state index in [4.69, 9.17) is 11.6 Å². The van der Waals surface area contributed by atoms with Crippen molar-refractivity contribution in [2.24, 2.45) is 0 Å². The van der Waals surface area contributed by atoms with Crippen LogP contribution in [0.2, 0.25) is 5.02 Å². The monoisotopic (exact) mass is 322 g/mol. The first-order chi connectivity index (χ1) is 8.96. The number of rotatable bonds is 1. The molecule has 1 unspecified atom stereocenters. The summed E-state index contributed by atoms with van der Waals surface area (Å²) in [6, 6.07) is 4.56. The minimum absolute atomic E-state index is 0. The first-order valence-electron chi connectivity index (χ1n) is 6.17. The first kappa shape index (κ1) is 15.5. The summed E-state index contributed by atoms with van der Waals surface area (Å²) in [6.07, 6.45) is 0.305. The standard InChI is InChI=1S/C13H13ClF2N2O.ClH/c14-9-2-1-8-3-4-18(11(8)5-9)12(19)10-6-13(15,16)7-17-10;/h1-2,5,10,17H,3-4,6-7H2;1H. The van der Waals surface area contributed by atoms with E-state index in [0.29, 0.717) is 11.6 Å². The van der Waals surface area contributed by atoms with E-state index in [-0.39, 0.29) is 18.3 Å². The van der Waals surface area contributed by atoms with Gasteiger partial charge in [0.2, 0.25) is 5.91 Å². The topological polar surface area (TPSA) is 32.3 Å². The molecule has 0 spiro atoms. The third kappa shape index (κ3) is 2.75. The molecule has 0 aromatic heterocycles. The van der Waals surface area contributed by atoms with Gasteiger partial charge in [0.05, 0.1) is 12.6 Å². The largest absolute Gasteiger partial charge is 0.310 e. The van der Waals surface area contributed by atoms with Crippen LogP contribution in [0.5, 0.6) is 0 Å². The second-order valence-electron chi connectivity index (χ2n) is 5.01. The van der Waals surface area contributed by atoms with Crippen molar-refractivity contribution < 1.29 is 13.6 Å². The fourth-order valence-corrected chi connectivity index (χ4v) is 2.83. The fraction of sp³-hybridized carbons (Fsp3) is 0.462. The van der Waals surface area contributed by atoms with Gasteiger partial charge < -0.3 is 4.90 Å². The van der Waals surface area contributed by atoms with E-state index in [0.717, 1.165) is 17.7 Å². The lowest BCUT2D eigenvalue weighted by atomic mass is 10.1. The average Bonchev–Trinajstić information content (AvgIpc) is 2.91. The van der Waals surface area contributed by atoms with E-state index < -0.39 is 24.9 Å². The van der Waals surface area contributed by atoms with Gasteiger partial charge in [0.15, 0.2) is 0 Å². The number of alkyl halides is 2. The van der Waals surface area contributed by atoms with Gasteiger partial charge in [-0.1, -0.05) is 17.7 Å². The molecule has 2 heterocycles. The number of halogens is 4. The molecule has 1 aromatic rings. The molecule has 1 fully saturated rings. The number of hydrogen-bond acceptors (Lipinski definition) is 2. The van der Waals surface area contributed by atoms with Crippen LogP contribution in [0, 0.1) is 0 Å². The van der Waals surface area contributed by atoms with E-state index in [1.54, 1.807) is 17.0 Å². The minimum atomic E-state index is -2.79. The van der Waals surface area contributed by atoms with Crippen LogP contribution in [0.4, 0.5) is 14.5 Å². The van der Waals surface area contributed by atoms with Gasteiger partial charge in [-0.3, -0.25) is 10.1 Å². The molecule has 3 nitrogen and oxygen atoms in total. The number of amides is 1. The van der Waals surface area contributed by atoms with Gasteiger partial charge in [-0.05, 0) is 24.1 Å². The Kier molecular flexibility index (Phi) is 4.23. The van der Waals surface area contributed by atoms with Crippen LogP contribution in [0.15, 0.2) is 18.2 Å². The van der Waals surface area contributed by atoms with E-state index in [2.05, 4.69) is 5.32 Å². The van der Waals surface area contributed by atoms with Crippen molar-refractivity contribution in [2.45, 2.75) is 24.8 Å². The van der Waals surface area contributed by atoms with Crippen LogP contribution >= 0.6 is 24.0 Å². The van der Waals surface area contributed by atoms with Crippen molar-refractivity contribution in [3.63, 3.8) is 0 Å². The second-order valence-corrected chi connectivity index (χ2v) is 5.44. The molecule has 0 radical (unpaired) electrons. The van der Waals surface area contributed by atoms with E-state index in [1.165, 1.54) is 0 Å². The van der Waals surface area contributed by atoms with Crippen LogP contribution in [0.3, 0.4) is 0 Å². The molecule has 0 aliphatic carbocycles. The molecule has 1 amide bonds. The molecule has 1 atom stereocenters. The first-order valence-corrected chi connectivity index (χ1v) is 6.55. The van der Waals surface area contributed by atoms with E-state index >= 15 is 0 Å². The zero-order valence-electron chi connectivity index (χ0n) is 10.5. The van der Waals surface area contributed by atoms with Gasteiger partial charge in [0.1, 0.15) is 0 Å². The Morgan fingerprint density at radius 1 is 1.45 bits per heavy atom. The van der Waals surface area contributed by atoms with Gasteiger partial charge in [-0.25, -0.2) is 8.78 Å². The Morgan fingerprint density at radius 2 is 2.20 bits per heavy atom. The number of fused-ring (bicyclic) bond motifs is 1. The fourth-order valence-electron chi connectivity index (χ4n) is 2.66. The van der Waals surface area contributed by atoms with E-state index in [1.807, 2.05) is 6.07 Å². The number of carbonyl (C=O) groups excluding carboxylic acids is 1. The molecule has 2 aliphatic heterocycles. The molecule has 0 saturated carbocycles. The Hall–Kier alpha value is -0.910. The number of carbonyl (C=O) groups is 1. The summed E-state index contributed by atoms with van der Waals surface area (Å²) in [4.78, 5) is 13.9. The Balaban J connectivity index is 0.00000147. The highest BCUT2D eigenvalue weighted by atomic mass is 35.5. The lowest BCUT2D eigenvalue weighted by Crippen LogP contribution is -2.42. The maximum Gasteiger partial charge on any atom is 0.262 e. The second kappa shape index (κ2) is 5.47. The molecule has 1 aromatic carbocycles. The molecule has 1 N–H and O–H groups in total. The summed E-state index contributed by atoms with van der Waals surface area (Å²) in [7, 11) is 0. The van der Waals surface area contributed by atoms with Crippen molar-refractivity contribution in [3.05, 3.63) is 28.8 Å². The molecule has 7 heteroatoms. The molecule has 110 valence electrons. The molecule has 3 rings (SSSR count). The number of hydrogen-bond donors (Lipinski definition) is 1. The van der Waals surface area contributed by atoms with Crippen LogP contribution in [-0.4, -0.2) is 31.0 Å². The molecular formula is C13H14Cl2F2N2O. The molecule has 1 saturated heterocycles. The summed E-state index contributed by atoms with van der Waals surface area (Å²) in [5.41, 5.74) is 1.78.